The van der Waals surface area contributed by atoms with E-state index < -0.39 is 6.10 Å². The number of ether oxygens (including phenoxy) is 1. The zero-order chi connectivity index (χ0) is 23.3. The average Bonchev–Trinajstić information content (AvgIpc) is 3.05. The topological polar surface area (TPSA) is 43.4 Å². The third-order valence-electron chi connectivity index (χ3n) is 11.0. The van der Waals surface area contributed by atoms with Gasteiger partial charge >= 0.3 is 5.97 Å². The van der Waals surface area contributed by atoms with E-state index in [-0.39, 0.29) is 17.2 Å². The molecular weight excluding hydrogens is 396 g/mol. The molecule has 0 bridgehead atoms. The Bertz CT molecular complexity index is 713. The van der Waals surface area contributed by atoms with Crippen molar-refractivity contribution in [3.05, 3.63) is 0 Å². The van der Waals surface area contributed by atoms with Crippen LogP contribution in [0.2, 0.25) is 0 Å². The van der Waals surface area contributed by atoms with Gasteiger partial charge in [0.1, 0.15) is 0 Å². The third-order valence-corrected chi connectivity index (χ3v) is 11.0. The Balaban J connectivity index is 1.46. The number of hydrogen-bond acceptors (Lipinski definition) is 3. The summed E-state index contributed by atoms with van der Waals surface area (Å²) in [6, 6.07) is 0. The quantitative estimate of drug-likeness (QED) is 0.406. The first-order valence-corrected chi connectivity index (χ1v) is 13.8. The van der Waals surface area contributed by atoms with Crippen molar-refractivity contribution in [3.8, 4) is 0 Å². The fourth-order valence-electron chi connectivity index (χ4n) is 9.42. The molecule has 3 nitrogen and oxygen atoms in total. The lowest BCUT2D eigenvalue weighted by Gasteiger charge is -2.61. The lowest BCUT2D eigenvalue weighted by Crippen LogP contribution is -2.56. The molecule has 0 saturated heterocycles. The SMILES string of the molecule is CC(=O)O[C@@H]1C[C@@H]2CC[C@H]3[C@@H](CC[C@@]4(C)[C@@H]([C@H](C)CCCC(C)C)CC[C@@H]34)[C@]2(C)CC1=O. The molecule has 4 rings (SSSR count). The molecule has 4 aliphatic carbocycles. The lowest BCUT2D eigenvalue weighted by molar-refractivity contribution is -0.170. The second-order valence-electron chi connectivity index (χ2n) is 13.2. The number of ketones is 1. The van der Waals surface area contributed by atoms with E-state index >= 15 is 0 Å². The number of carbonyl (C=O) groups is 2. The third kappa shape index (κ3) is 4.20. The van der Waals surface area contributed by atoms with E-state index in [4.69, 9.17) is 4.74 Å². The van der Waals surface area contributed by atoms with Crippen LogP contribution in [0.3, 0.4) is 0 Å². The first-order chi connectivity index (χ1) is 15.1. The van der Waals surface area contributed by atoms with Gasteiger partial charge < -0.3 is 4.74 Å². The summed E-state index contributed by atoms with van der Waals surface area (Å²) in [5, 5.41) is 0. The molecule has 4 saturated carbocycles. The monoisotopic (exact) mass is 444 g/mol. The number of hydrogen-bond donors (Lipinski definition) is 0. The number of fused-ring (bicyclic) bond motifs is 5. The summed E-state index contributed by atoms with van der Waals surface area (Å²) in [5.74, 6) is 5.25. The van der Waals surface area contributed by atoms with Gasteiger partial charge in [0.25, 0.3) is 0 Å². The lowest BCUT2D eigenvalue weighted by atomic mass is 9.44. The Morgan fingerprint density at radius 3 is 2.41 bits per heavy atom. The van der Waals surface area contributed by atoms with Gasteiger partial charge in [-0.15, -0.1) is 0 Å². The van der Waals surface area contributed by atoms with Crippen LogP contribution in [0.5, 0.6) is 0 Å². The van der Waals surface area contributed by atoms with Crippen LogP contribution < -0.4 is 0 Å². The van der Waals surface area contributed by atoms with Crippen LogP contribution in [0.1, 0.15) is 112 Å². The second kappa shape index (κ2) is 9.06. The minimum absolute atomic E-state index is 0.110. The second-order valence-corrected chi connectivity index (χ2v) is 13.2. The minimum Gasteiger partial charge on any atom is -0.455 e. The van der Waals surface area contributed by atoms with Crippen LogP contribution in [-0.4, -0.2) is 17.9 Å². The molecule has 4 aliphatic rings. The molecule has 0 amide bonds. The molecule has 0 N–H and O–H groups in total. The predicted molar refractivity (Wildman–Crippen MR) is 129 cm³/mol. The minimum atomic E-state index is -0.487. The van der Waals surface area contributed by atoms with Crippen molar-refractivity contribution in [3.63, 3.8) is 0 Å². The summed E-state index contributed by atoms with van der Waals surface area (Å²) in [4.78, 5) is 24.5. The highest BCUT2D eigenvalue weighted by atomic mass is 16.5. The summed E-state index contributed by atoms with van der Waals surface area (Å²) in [6.45, 7) is 13.7. The normalized spacial score (nSPS) is 44.5. The molecule has 0 radical (unpaired) electrons. The largest absolute Gasteiger partial charge is 0.455 e. The van der Waals surface area contributed by atoms with Crippen LogP contribution in [0.4, 0.5) is 0 Å². The molecule has 0 aromatic carbocycles. The molecule has 4 fully saturated rings. The zero-order valence-corrected chi connectivity index (χ0v) is 21.6. The van der Waals surface area contributed by atoms with E-state index in [2.05, 4.69) is 34.6 Å². The van der Waals surface area contributed by atoms with Gasteiger partial charge in [0.2, 0.25) is 0 Å². The van der Waals surface area contributed by atoms with Crippen LogP contribution in [0, 0.1) is 52.3 Å². The van der Waals surface area contributed by atoms with Gasteiger partial charge in [0.05, 0.1) is 0 Å². The van der Waals surface area contributed by atoms with Crippen molar-refractivity contribution < 1.29 is 14.3 Å². The van der Waals surface area contributed by atoms with Crippen molar-refractivity contribution in [1.82, 2.24) is 0 Å². The molecular formula is C29H48O3. The van der Waals surface area contributed by atoms with Gasteiger partial charge in [-0.25, -0.2) is 0 Å². The highest BCUT2D eigenvalue weighted by Crippen LogP contribution is 2.68. The summed E-state index contributed by atoms with van der Waals surface area (Å²) in [5.41, 5.74) is 0.611. The molecule has 0 spiro atoms. The van der Waals surface area contributed by atoms with Crippen molar-refractivity contribution in [2.45, 2.75) is 118 Å². The molecule has 0 unspecified atom stereocenters. The molecule has 0 aromatic heterocycles. The molecule has 0 aromatic rings. The fraction of sp³-hybridized carbons (Fsp3) is 0.931. The van der Waals surface area contributed by atoms with Crippen molar-refractivity contribution >= 4 is 11.8 Å². The summed E-state index contributed by atoms with van der Waals surface area (Å²) >= 11 is 0. The first kappa shape index (κ1) is 24.3. The Morgan fingerprint density at radius 2 is 1.72 bits per heavy atom. The maximum Gasteiger partial charge on any atom is 0.303 e. The molecule has 0 aliphatic heterocycles. The Kier molecular flexibility index (Phi) is 6.87. The average molecular weight is 445 g/mol. The summed E-state index contributed by atoms with van der Waals surface area (Å²) in [6.07, 6.45) is 13.0. The Hall–Kier alpha value is -0.860. The summed E-state index contributed by atoms with van der Waals surface area (Å²) in [7, 11) is 0. The summed E-state index contributed by atoms with van der Waals surface area (Å²) < 4.78 is 5.42. The van der Waals surface area contributed by atoms with Crippen molar-refractivity contribution in [2.75, 3.05) is 0 Å². The van der Waals surface area contributed by atoms with E-state index in [1.165, 1.54) is 64.7 Å². The Labute approximate surface area is 196 Å². The number of esters is 1. The molecule has 182 valence electrons. The van der Waals surface area contributed by atoms with Gasteiger partial charge in [-0.05, 0) is 97.2 Å². The van der Waals surface area contributed by atoms with Gasteiger partial charge in [-0.1, -0.05) is 53.9 Å². The standard InChI is InChI=1S/C29H48O3/c1-18(2)8-7-9-19(3)23-12-13-24-22-11-10-21-16-27(32-20(4)30)26(31)17-29(21,6)25(22)14-15-28(23,24)5/h18-19,21-25,27H,7-17H2,1-6H3/t19-,21+,22-,23-,24+,25-,27-,28+,29-/m1/s1. The van der Waals surface area contributed by atoms with E-state index in [0.717, 1.165) is 36.0 Å². The van der Waals surface area contributed by atoms with Crippen LogP contribution >= 0.6 is 0 Å². The number of Topliss-reactive ketones (excluding diaryl/α,β-unsaturated/α-hetero) is 1. The van der Waals surface area contributed by atoms with Gasteiger partial charge in [0.15, 0.2) is 11.9 Å². The van der Waals surface area contributed by atoms with E-state index in [0.29, 0.717) is 23.7 Å². The number of carbonyl (C=O) groups excluding carboxylic acids is 2. The van der Waals surface area contributed by atoms with E-state index in [1.807, 2.05) is 0 Å². The molecule has 9 atom stereocenters. The van der Waals surface area contributed by atoms with E-state index in [1.54, 1.807) is 0 Å². The predicted octanol–water partition coefficient (Wildman–Crippen LogP) is 7.22. The van der Waals surface area contributed by atoms with E-state index in [9.17, 15) is 9.59 Å². The first-order valence-electron chi connectivity index (χ1n) is 13.8. The van der Waals surface area contributed by atoms with Crippen molar-refractivity contribution in [2.24, 2.45) is 52.3 Å². The van der Waals surface area contributed by atoms with Crippen LogP contribution in [0.15, 0.2) is 0 Å². The maximum absolute atomic E-state index is 13.0. The molecule has 0 heterocycles. The zero-order valence-electron chi connectivity index (χ0n) is 21.6. The van der Waals surface area contributed by atoms with Crippen LogP contribution in [-0.2, 0) is 14.3 Å². The van der Waals surface area contributed by atoms with Gasteiger partial charge in [0, 0.05) is 13.3 Å². The smallest absolute Gasteiger partial charge is 0.303 e. The maximum atomic E-state index is 13.0. The molecule has 3 heteroatoms. The highest BCUT2D eigenvalue weighted by molar-refractivity contribution is 5.86. The fourth-order valence-corrected chi connectivity index (χ4v) is 9.42. The Morgan fingerprint density at radius 1 is 1.00 bits per heavy atom. The van der Waals surface area contributed by atoms with Gasteiger partial charge in [-0.3, -0.25) is 9.59 Å². The van der Waals surface area contributed by atoms with Crippen molar-refractivity contribution in [1.29, 1.82) is 0 Å². The number of rotatable bonds is 6. The molecule has 32 heavy (non-hydrogen) atoms. The highest BCUT2D eigenvalue weighted by Gasteiger charge is 2.61. The van der Waals surface area contributed by atoms with Gasteiger partial charge in [-0.2, -0.15) is 0 Å². The van der Waals surface area contributed by atoms with Crippen LogP contribution in [0.25, 0.3) is 0 Å².